The van der Waals surface area contributed by atoms with Crippen LogP contribution in [-0.2, 0) is 0 Å². The van der Waals surface area contributed by atoms with Gasteiger partial charge in [-0.15, -0.1) is 0 Å². The van der Waals surface area contributed by atoms with E-state index in [2.05, 4.69) is 11.6 Å². The van der Waals surface area contributed by atoms with Gasteiger partial charge in [-0.1, -0.05) is 0 Å². The van der Waals surface area contributed by atoms with Crippen molar-refractivity contribution in [1.82, 2.24) is 5.32 Å². The molecule has 1 rings (SSSR count). The molecule has 1 aliphatic heterocycles. The third kappa shape index (κ3) is 2.65. The molecule has 0 radical (unpaired) electrons. The Labute approximate surface area is 72.8 Å². The molecule has 1 atom stereocenters. The van der Waals surface area contributed by atoms with E-state index >= 15 is 0 Å². The van der Waals surface area contributed by atoms with Crippen molar-refractivity contribution in [3.8, 4) is 0 Å². The zero-order chi connectivity index (χ0) is 8.10. The van der Waals surface area contributed by atoms with E-state index in [-0.39, 0.29) is 0 Å². The highest BCUT2D eigenvalue weighted by atomic mass is 32.2. The maximum absolute atomic E-state index is 9.04. The van der Waals surface area contributed by atoms with E-state index in [1.165, 1.54) is 12.8 Å². The molecule has 0 amide bonds. The van der Waals surface area contributed by atoms with Crippen LogP contribution >= 0.6 is 11.8 Å². The van der Waals surface area contributed by atoms with Gasteiger partial charge < -0.3 is 10.4 Å². The number of hydrogen-bond donors (Lipinski definition) is 2. The number of rotatable bonds is 3. The van der Waals surface area contributed by atoms with Crippen LogP contribution in [0.4, 0.5) is 0 Å². The first kappa shape index (κ1) is 9.36. The predicted molar refractivity (Wildman–Crippen MR) is 50.0 cm³/mol. The molecule has 0 aromatic rings. The molecule has 0 aliphatic carbocycles. The minimum absolute atomic E-state index is 0.339. The molecule has 0 saturated carbocycles. The van der Waals surface area contributed by atoms with Gasteiger partial charge in [-0.3, -0.25) is 0 Å². The Balaban J connectivity index is 2.30. The fourth-order valence-corrected chi connectivity index (χ4v) is 2.44. The number of hydrogen-bond acceptors (Lipinski definition) is 3. The zero-order valence-electron chi connectivity index (χ0n) is 7.05. The Hall–Kier alpha value is 0.270. The first-order valence-electron chi connectivity index (χ1n) is 4.23. The average molecular weight is 175 g/mol. The predicted octanol–water partition coefficient (Wildman–Crippen LogP) is 0.710. The highest BCUT2D eigenvalue weighted by molar-refractivity contribution is 7.99. The normalized spacial score (nSPS) is 23.5. The lowest BCUT2D eigenvalue weighted by atomic mass is 9.95. The third-order valence-corrected chi connectivity index (χ3v) is 3.53. The standard InChI is InChI=1S/C8H17NOS/c1-11-8(6-10)7-2-4-9-5-3-7/h7-10H,2-6H2,1H3. The molecule has 1 saturated heterocycles. The Bertz CT molecular complexity index is 100. The molecule has 3 heteroatoms. The van der Waals surface area contributed by atoms with Crippen molar-refractivity contribution >= 4 is 11.8 Å². The average Bonchev–Trinajstić information content (AvgIpc) is 2.09. The van der Waals surface area contributed by atoms with Crippen molar-refractivity contribution in [3.63, 3.8) is 0 Å². The molecule has 0 aromatic heterocycles. The summed E-state index contributed by atoms with van der Waals surface area (Å²) in [4.78, 5) is 0. The number of piperidine rings is 1. The molecule has 11 heavy (non-hydrogen) atoms. The molecule has 0 aromatic carbocycles. The fraction of sp³-hybridized carbons (Fsp3) is 1.00. The van der Waals surface area contributed by atoms with E-state index < -0.39 is 0 Å². The number of aliphatic hydroxyl groups excluding tert-OH is 1. The molecule has 0 bridgehead atoms. The third-order valence-electron chi connectivity index (χ3n) is 2.39. The lowest BCUT2D eigenvalue weighted by Gasteiger charge is -2.28. The highest BCUT2D eigenvalue weighted by Crippen LogP contribution is 2.24. The van der Waals surface area contributed by atoms with Crippen LogP contribution in [0.25, 0.3) is 0 Å². The number of thioether (sulfide) groups is 1. The summed E-state index contributed by atoms with van der Waals surface area (Å²) >= 11 is 1.80. The van der Waals surface area contributed by atoms with Crippen molar-refractivity contribution in [2.45, 2.75) is 18.1 Å². The molecular formula is C8H17NOS. The molecule has 1 unspecified atom stereocenters. The van der Waals surface area contributed by atoms with Gasteiger partial charge in [-0.2, -0.15) is 11.8 Å². The minimum Gasteiger partial charge on any atom is -0.395 e. The van der Waals surface area contributed by atoms with Gasteiger partial charge in [-0.25, -0.2) is 0 Å². The first-order chi connectivity index (χ1) is 5.38. The summed E-state index contributed by atoms with van der Waals surface area (Å²) < 4.78 is 0. The monoisotopic (exact) mass is 175 g/mol. The number of aliphatic hydroxyl groups is 1. The second-order valence-electron chi connectivity index (χ2n) is 3.04. The lowest BCUT2D eigenvalue weighted by Crippen LogP contribution is -2.34. The van der Waals surface area contributed by atoms with Crippen LogP contribution in [0.2, 0.25) is 0 Å². The zero-order valence-corrected chi connectivity index (χ0v) is 7.86. The summed E-state index contributed by atoms with van der Waals surface area (Å²) in [6.07, 6.45) is 4.54. The first-order valence-corrected chi connectivity index (χ1v) is 5.51. The van der Waals surface area contributed by atoms with Gasteiger partial charge in [0.05, 0.1) is 6.61 Å². The smallest absolute Gasteiger partial charge is 0.0552 e. The lowest BCUT2D eigenvalue weighted by molar-refractivity contribution is 0.243. The maximum Gasteiger partial charge on any atom is 0.0552 e. The van der Waals surface area contributed by atoms with Gasteiger partial charge in [0.25, 0.3) is 0 Å². The summed E-state index contributed by atoms with van der Waals surface area (Å²) in [5.41, 5.74) is 0. The van der Waals surface area contributed by atoms with Gasteiger partial charge in [0.1, 0.15) is 0 Å². The van der Waals surface area contributed by atoms with Crippen molar-refractivity contribution in [2.75, 3.05) is 26.0 Å². The quantitative estimate of drug-likeness (QED) is 0.662. The summed E-state index contributed by atoms with van der Waals surface area (Å²) in [5, 5.41) is 12.8. The van der Waals surface area contributed by atoms with E-state index in [4.69, 9.17) is 5.11 Å². The second-order valence-corrected chi connectivity index (χ2v) is 4.12. The van der Waals surface area contributed by atoms with Crippen LogP contribution in [0.5, 0.6) is 0 Å². The summed E-state index contributed by atoms with van der Waals surface area (Å²) in [6, 6.07) is 0. The van der Waals surface area contributed by atoms with E-state index in [1.54, 1.807) is 11.8 Å². The molecule has 1 fully saturated rings. The van der Waals surface area contributed by atoms with E-state index in [9.17, 15) is 0 Å². The summed E-state index contributed by atoms with van der Waals surface area (Å²) in [7, 11) is 0. The van der Waals surface area contributed by atoms with E-state index in [1.807, 2.05) is 0 Å². The van der Waals surface area contributed by atoms with Crippen LogP contribution in [-0.4, -0.2) is 36.3 Å². The number of nitrogens with one attached hydrogen (secondary N) is 1. The van der Waals surface area contributed by atoms with Crippen LogP contribution in [0.15, 0.2) is 0 Å². The second kappa shape index (κ2) is 5.01. The minimum atomic E-state index is 0.339. The van der Waals surface area contributed by atoms with Crippen LogP contribution in [0.1, 0.15) is 12.8 Å². The Morgan fingerprint density at radius 2 is 2.18 bits per heavy atom. The van der Waals surface area contributed by atoms with Crippen molar-refractivity contribution < 1.29 is 5.11 Å². The molecule has 1 aliphatic rings. The molecule has 0 spiro atoms. The van der Waals surface area contributed by atoms with Crippen molar-refractivity contribution in [1.29, 1.82) is 0 Å². The highest BCUT2D eigenvalue weighted by Gasteiger charge is 2.21. The van der Waals surface area contributed by atoms with Gasteiger partial charge in [0.15, 0.2) is 0 Å². The Kier molecular flexibility index (Phi) is 4.26. The molecule has 2 N–H and O–H groups in total. The molecular weight excluding hydrogens is 158 g/mol. The van der Waals surface area contributed by atoms with Crippen LogP contribution in [0, 0.1) is 5.92 Å². The fourth-order valence-electron chi connectivity index (χ4n) is 1.63. The largest absolute Gasteiger partial charge is 0.395 e. The van der Waals surface area contributed by atoms with Crippen molar-refractivity contribution in [3.05, 3.63) is 0 Å². The van der Waals surface area contributed by atoms with Gasteiger partial charge >= 0.3 is 0 Å². The topological polar surface area (TPSA) is 32.3 Å². The van der Waals surface area contributed by atoms with Crippen LogP contribution < -0.4 is 5.32 Å². The Morgan fingerprint density at radius 1 is 1.55 bits per heavy atom. The summed E-state index contributed by atoms with van der Waals surface area (Å²) in [6.45, 7) is 2.59. The van der Waals surface area contributed by atoms with Gasteiger partial charge in [0, 0.05) is 5.25 Å². The van der Waals surface area contributed by atoms with E-state index in [0.717, 1.165) is 19.0 Å². The molecule has 2 nitrogen and oxygen atoms in total. The Morgan fingerprint density at radius 3 is 2.64 bits per heavy atom. The van der Waals surface area contributed by atoms with Gasteiger partial charge in [-0.05, 0) is 38.1 Å². The van der Waals surface area contributed by atoms with Crippen LogP contribution in [0.3, 0.4) is 0 Å². The molecule has 66 valence electrons. The molecule has 1 heterocycles. The van der Waals surface area contributed by atoms with Crippen molar-refractivity contribution in [2.24, 2.45) is 5.92 Å². The van der Waals surface area contributed by atoms with Gasteiger partial charge in [0.2, 0.25) is 0 Å². The maximum atomic E-state index is 9.04. The summed E-state index contributed by atoms with van der Waals surface area (Å²) in [5.74, 6) is 0.733. The van der Waals surface area contributed by atoms with E-state index in [0.29, 0.717) is 11.9 Å². The SMILES string of the molecule is CSC(CO)C1CCNCC1.